The number of hydrogen-bond donors (Lipinski definition) is 1. The third-order valence-electron chi connectivity index (χ3n) is 4.15. The number of thioether (sulfide) groups is 1. The van der Waals surface area contributed by atoms with Gasteiger partial charge in [-0.25, -0.2) is 4.39 Å². The molecule has 0 aliphatic heterocycles. The maximum Gasteiger partial charge on any atom is 0.233 e. The predicted octanol–water partition coefficient (Wildman–Crippen LogP) is 3.37. The Kier molecular flexibility index (Phi) is 5.85. The summed E-state index contributed by atoms with van der Waals surface area (Å²) in [7, 11) is 1.86. The monoisotopic (exact) mass is 385 g/mol. The minimum Gasteiger partial charge on any atom is -0.349 e. The molecule has 0 saturated carbocycles. The van der Waals surface area contributed by atoms with E-state index in [0.717, 1.165) is 11.1 Å². The summed E-state index contributed by atoms with van der Waals surface area (Å²) in [5.41, 5.74) is 1.76. The largest absolute Gasteiger partial charge is 0.349 e. The second-order valence-electron chi connectivity index (χ2n) is 6.14. The third-order valence-corrected chi connectivity index (χ3v) is 5.29. The molecule has 3 aromatic rings. The molecule has 140 valence electrons. The normalized spacial score (nSPS) is 13.2. The molecular formula is C19H20FN5OS. The topological polar surface area (TPSA) is 72.7 Å². The molecule has 1 N–H and O–H groups in total. The van der Waals surface area contributed by atoms with E-state index in [4.69, 9.17) is 0 Å². The number of nitrogens with zero attached hydrogens (tertiary/aromatic N) is 4. The fourth-order valence-corrected chi connectivity index (χ4v) is 3.37. The number of aromatic nitrogens is 4. The molecule has 0 spiro atoms. The Labute approximate surface area is 161 Å². The van der Waals surface area contributed by atoms with Crippen LogP contribution in [0.2, 0.25) is 0 Å². The van der Waals surface area contributed by atoms with Crippen molar-refractivity contribution in [1.82, 2.24) is 25.1 Å². The second kappa shape index (κ2) is 8.30. The van der Waals surface area contributed by atoms with Gasteiger partial charge in [0.25, 0.3) is 0 Å². The number of pyridine rings is 1. The van der Waals surface area contributed by atoms with Crippen molar-refractivity contribution in [2.75, 3.05) is 0 Å². The van der Waals surface area contributed by atoms with Crippen LogP contribution in [0, 0.1) is 5.82 Å². The fraction of sp³-hybridized carbons (Fsp3) is 0.263. The van der Waals surface area contributed by atoms with E-state index in [-0.39, 0.29) is 23.0 Å². The van der Waals surface area contributed by atoms with Crippen LogP contribution >= 0.6 is 11.8 Å². The van der Waals surface area contributed by atoms with Gasteiger partial charge in [0, 0.05) is 25.0 Å². The average Bonchev–Trinajstić information content (AvgIpc) is 3.03. The van der Waals surface area contributed by atoms with Crippen LogP contribution in [-0.2, 0) is 11.8 Å². The molecule has 0 bridgehead atoms. The van der Waals surface area contributed by atoms with Gasteiger partial charge < -0.3 is 9.88 Å². The molecular weight excluding hydrogens is 365 g/mol. The molecule has 3 rings (SSSR count). The molecule has 0 radical (unpaired) electrons. The van der Waals surface area contributed by atoms with Crippen molar-refractivity contribution in [3.8, 4) is 11.4 Å². The molecule has 6 nitrogen and oxygen atoms in total. The van der Waals surface area contributed by atoms with Gasteiger partial charge >= 0.3 is 0 Å². The summed E-state index contributed by atoms with van der Waals surface area (Å²) in [5, 5.41) is 11.6. The van der Waals surface area contributed by atoms with Crippen molar-refractivity contribution in [2.45, 2.75) is 30.3 Å². The van der Waals surface area contributed by atoms with Crippen molar-refractivity contribution in [3.05, 3.63) is 60.2 Å². The highest BCUT2D eigenvalue weighted by molar-refractivity contribution is 8.00. The summed E-state index contributed by atoms with van der Waals surface area (Å²) in [6.07, 6.45) is 3.40. The van der Waals surface area contributed by atoms with Gasteiger partial charge in [-0.15, -0.1) is 10.2 Å². The molecule has 2 heterocycles. The minimum absolute atomic E-state index is 0.120. The lowest BCUT2D eigenvalue weighted by molar-refractivity contribution is -0.120. The van der Waals surface area contributed by atoms with Gasteiger partial charge in [-0.3, -0.25) is 9.78 Å². The Hall–Kier alpha value is -2.74. The maximum absolute atomic E-state index is 13.0. The summed E-state index contributed by atoms with van der Waals surface area (Å²) in [6, 6.07) is 9.61. The molecule has 1 amide bonds. The molecule has 1 aromatic carbocycles. The highest BCUT2D eigenvalue weighted by Crippen LogP contribution is 2.26. The first kappa shape index (κ1) is 19.0. The van der Waals surface area contributed by atoms with Gasteiger partial charge in [0.15, 0.2) is 11.0 Å². The Morgan fingerprint density at radius 3 is 2.44 bits per heavy atom. The number of carbonyl (C=O) groups excluding carboxylic acids is 1. The number of benzene rings is 1. The SMILES string of the molecule is C[C@@H](Sc1nnc(-c2ccncc2)n1C)C(=O)N[C@H](C)c1ccc(F)cc1. The predicted molar refractivity (Wildman–Crippen MR) is 103 cm³/mol. The second-order valence-corrected chi connectivity index (χ2v) is 7.45. The van der Waals surface area contributed by atoms with Gasteiger partial charge in [-0.05, 0) is 43.7 Å². The van der Waals surface area contributed by atoms with Gasteiger partial charge in [0.1, 0.15) is 5.82 Å². The lowest BCUT2D eigenvalue weighted by atomic mass is 10.1. The molecule has 0 saturated heterocycles. The highest BCUT2D eigenvalue weighted by Gasteiger charge is 2.21. The Bertz CT molecular complexity index is 914. The third kappa shape index (κ3) is 4.51. The van der Waals surface area contributed by atoms with Crippen LogP contribution in [0.3, 0.4) is 0 Å². The zero-order chi connectivity index (χ0) is 19.4. The Morgan fingerprint density at radius 1 is 1.11 bits per heavy atom. The molecule has 27 heavy (non-hydrogen) atoms. The van der Waals surface area contributed by atoms with E-state index in [1.54, 1.807) is 24.5 Å². The molecule has 0 aliphatic rings. The van der Waals surface area contributed by atoms with Crippen LogP contribution in [0.15, 0.2) is 53.9 Å². The van der Waals surface area contributed by atoms with E-state index in [1.807, 2.05) is 37.6 Å². The van der Waals surface area contributed by atoms with Crippen LogP contribution in [0.4, 0.5) is 4.39 Å². The van der Waals surface area contributed by atoms with Crippen LogP contribution in [-0.4, -0.2) is 30.9 Å². The number of nitrogens with one attached hydrogen (secondary N) is 1. The Balaban J connectivity index is 1.65. The average molecular weight is 385 g/mol. The number of hydrogen-bond acceptors (Lipinski definition) is 5. The Morgan fingerprint density at radius 2 is 1.78 bits per heavy atom. The molecule has 2 atom stereocenters. The minimum atomic E-state index is -0.360. The summed E-state index contributed by atoms with van der Waals surface area (Å²) < 4.78 is 14.9. The van der Waals surface area contributed by atoms with Gasteiger partial charge in [-0.1, -0.05) is 23.9 Å². The van der Waals surface area contributed by atoms with Crippen LogP contribution < -0.4 is 5.32 Å². The molecule has 0 fully saturated rings. The van der Waals surface area contributed by atoms with E-state index < -0.39 is 0 Å². The van der Waals surface area contributed by atoms with E-state index in [2.05, 4.69) is 20.5 Å². The fourth-order valence-electron chi connectivity index (χ4n) is 2.55. The van der Waals surface area contributed by atoms with Crippen molar-refractivity contribution < 1.29 is 9.18 Å². The molecule has 8 heteroatoms. The van der Waals surface area contributed by atoms with Gasteiger partial charge in [0.2, 0.25) is 5.91 Å². The lowest BCUT2D eigenvalue weighted by Crippen LogP contribution is -2.33. The van der Waals surface area contributed by atoms with Crippen LogP contribution in [0.1, 0.15) is 25.5 Å². The first-order valence-electron chi connectivity index (χ1n) is 8.48. The van der Waals surface area contributed by atoms with Crippen LogP contribution in [0.5, 0.6) is 0 Å². The quantitative estimate of drug-likeness (QED) is 0.659. The first-order chi connectivity index (χ1) is 13.0. The molecule has 2 aromatic heterocycles. The number of carbonyl (C=O) groups is 1. The summed E-state index contributed by atoms with van der Waals surface area (Å²) in [4.78, 5) is 16.5. The van der Waals surface area contributed by atoms with Crippen LogP contribution in [0.25, 0.3) is 11.4 Å². The maximum atomic E-state index is 13.0. The van der Waals surface area contributed by atoms with Gasteiger partial charge in [0.05, 0.1) is 11.3 Å². The zero-order valence-electron chi connectivity index (χ0n) is 15.3. The van der Waals surface area contributed by atoms with Gasteiger partial charge in [-0.2, -0.15) is 0 Å². The smallest absolute Gasteiger partial charge is 0.233 e. The number of halogens is 1. The van der Waals surface area contributed by atoms with E-state index in [9.17, 15) is 9.18 Å². The van der Waals surface area contributed by atoms with E-state index >= 15 is 0 Å². The van der Waals surface area contributed by atoms with Crippen molar-refractivity contribution in [3.63, 3.8) is 0 Å². The lowest BCUT2D eigenvalue weighted by Gasteiger charge is -2.17. The zero-order valence-corrected chi connectivity index (χ0v) is 16.1. The first-order valence-corrected chi connectivity index (χ1v) is 9.36. The standard InChI is InChI=1S/C19H20FN5OS/c1-12(14-4-6-16(20)7-5-14)22-18(26)13(2)27-19-24-23-17(25(19)3)15-8-10-21-11-9-15/h4-13H,1-3H3,(H,22,26)/t12-,13-/m1/s1. The van der Waals surface area contributed by atoms with Crippen molar-refractivity contribution in [1.29, 1.82) is 0 Å². The van der Waals surface area contributed by atoms with E-state index in [0.29, 0.717) is 11.0 Å². The van der Waals surface area contributed by atoms with Crippen molar-refractivity contribution >= 4 is 17.7 Å². The highest BCUT2D eigenvalue weighted by atomic mass is 32.2. The van der Waals surface area contributed by atoms with E-state index in [1.165, 1.54) is 23.9 Å². The molecule has 0 unspecified atom stereocenters. The summed E-state index contributed by atoms with van der Waals surface area (Å²) in [6.45, 7) is 3.69. The van der Waals surface area contributed by atoms with Crippen molar-refractivity contribution in [2.24, 2.45) is 7.05 Å². The summed E-state index contributed by atoms with van der Waals surface area (Å²) in [5.74, 6) is 0.297. The number of rotatable bonds is 6. The summed E-state index contributed by atoms with van der Waals surface area (Å²) >= 11 is 1.34. The number of amides is 1. The molecule has 0 aliphatic carbocycles.